The van der Waals surface area contributed by atoms with Gasteiger partial charge in [0.25, 0.3) is 0 Å². The van der Waals surface area contributed by atoms with Crippen molar-refractivity contribution in [1.29, 1.82) is 0 Å². The summed E-state index contributed by atoms with van der Waals surface area (Å²) in [7, 11) is 1.04. The Labute approximate surface area is 128 Å². The van der Waals surface area contributed by atoms with Gasteiger partial charge >= 0.3 is 0 Å². The number of nitrogens with zero attached hydrogens (tertiary/aromatic N) is 1. The first-order valence-corrected chi connectivity index (χ1v) is 9.34. The van der Waals surface area contributed by atoms with Crippen LogP contribution < -0.4 is 5.32 Å². The van der Waals surface area contributed by atoms with Gasteiger partial charge in [0.2, 0.25) is 0 Å². The summed E-state index contributed by atoms with van der Waals surface area (Å²) in [6.07, 6.45) is 4.57. The number of hydrogen-bond donors (Lipinski definition) is 1. The molecule has 0 heterocycles. The minimum Gasteiger partial charge on any atom is -0.381 e. The predicted octanol–water partition coefficient (Wildman–Crippen LogP) is 2.76. The SMILES string of the molecule is CCS(=O)(=O)c1ccccc1N[C@H]1CCC[C@@H](N(C)C)C1. The van der Waals surface area contributed by atoms with Gasteiger partial charge in [-0.1, -0.05) is 19.1 Å². The van der Waals surface area contributed by atoms with Gasteiger partial charge in [0.1, 0.15) is 0 Å². The summed E-state index contributed by atoms with van der Waals surface area (Å²) in [5.41, 5.74) is 0.753. The van der Waals surface area contributed by atoms with Crippen molar-refractivity contribution in [1.82, 2.24) is 4.90 Å². The van der Waals surface area contributed by atoms with Crippen LogP contribution in [0.1, 0.15) is 32.6 Å². The Morgan fingerprint density at radius 3 is 2.62 bits per heavy atom. The third-order valence-electron chi connectivity index (χ3n) is 4.34. The van der Waals surface area contributed by atoms with E-state index in [9.17, 15) is 8.42 Å². The van der Waals surface area contributed by atoms with Gasteiger partial charge in [-0.05, 0) is 51.9 Å². The van der Waals surface area contributed by atoms with Gasteiger partial charge in [-0.3, -0.25) is 0 Å². The lowest BCUT2D eigenvalue weighted by Crippen LogP contribution is -2.38. The average molecular weight is 310 g/mol. The van der Waals surface area contributed by atoms with Crippen molar-refractivity contribution < 1.29 is 8.42 Å². The molecule has 1 aliphatic rings. The highest BCUT2D eigenvalue weighted by Gasteiger charge is 2.25. The van der Waals surface area contributed by atoms with E-state index in [2.05, 4.69) is 24.3 Å². The van der Waals surface area contributed by atoms with E-state index in [1.165, 1.54) is 12.8 Å². The third-order valence-corrected chi connectivity index (χ3v) is 6.12. The fraction of sp³-hybridized carbons (Fsp3) is 0.625. The van der Waals surface area contributed by atoms with Crippen LogP contribution in [0.5, 0.6) is 0 Å². The molecule has 1 N–H and O–H groups in total. The standard InChI is InChI=1S/C16H26N2O2S/c1-4-21(19,20)16-11-6-5-10-15(16)17-13-8-7-9-14(12-13)18(2)3/h5-6,10-11,13-14,17H,4,7-9,12H2,1-3H3/t13-,14+/m0/s1. The van der Waals surface area contributed by atoms with Crippen LogP contribution in [0.3, 0.4) is 0 Å². The molecule has 2 atom stereocenters. The molecular formula is C16H26N2O2S. The first-order chi connectivity index (χ1) is 9.94. The summed E-state index contributed by atoms with van der Waals surface area (Å²) >= 11 is 0. The Morgan fingerprint density at radius 1 is 1.24 bits per heavy atom. The quantitative estimate of drug-likeness (QED) is 0.908. The Hall–Kier alpha value is -1.07. The first-order valence-electron chi connectivity index (χ1n) is 7.68. The maximum absolute atomic E-state index is 12.2. The molecule has 5 heteroatoms. The van der Waals surface area contributed by atoms with E-state index in [1.807, 2.05) is 12.1 Å². The zero-order valence-electron chi connectivity index (χ0n) is 13.2. The molecule has 4 nitrogen and oxygen atoms in total. The van der Waals surface area contributed by atoms with Crippen molar-refractivity contribution in [2.24, 2.45) is 0 Å². The molecule has 118 valence electrons. The molecule has 0 amide bonds. The van der Waals surface area contributed by atoms with E-state index in [-0.39, 0.29) is 5.75 Å². The van der Waals surface area contributed by atoms with Crippen LogP contribution in [0, 0.1) is 0 Å². The lowest BCUT2D eigenvalue weighted by Gasteiger charge is -2.34. The normalized spacial score (nSPS) is 23.2. The molecule has 0 aliphatic heterocycles. The second-order valence-corrected chi connectivity index (χ2v) is 8.27. The van der Waals surface area contributed by atoms with Gasteiger partial charge in [-0.2, -0.15) is 0 Å². The summed E-state index contributed by atoms with van der Waals surface area (Å²) in [6, 6.07) is 8.18. The minimum atomic E-state index is -3.18. The number of para-hydroxylation sites is 1. The van der Waals surface area contributed by atoms with Crippen LogP contribution in [0.2, 0.25) is 0 Å². The second kappa shape index (κ2) is 6.79. The zero-order valence-corrected chi connectivity index (χ0v) is 14.0. The molecule has 1 aromatic rings. The van der Waals surface area contributed by atoms with E-state index in [1.54, 1.807) is 19.1 Å². The summed E-state index contributed by atoms with van der Waals surface area (Å²) in [5, 5.41) is 3.47. The van der Waals surface area contributed by atoms with Crippen molar-refractivity contribution in [3.63, 3.8) is 0 Å². The van der Waals surface area contributed by atoms with Crippen LogP contribution >= 0.6 is 0 Å². The van der Waals surface area contributed by atoms with E-state index < -0.39 is 9.84 Å². The summed E-state index contributed by atoms with van der Waals surface area (Å²) in [4.78, 5) is 2.70. The molecular weight excluding hydrogens is 284 g/mol. The number of sulfone groups is 1. The van der Waals surface area contributed by atoms with Crippen LogP contribution in [0.25, 0.3) is 0 Å². The lowest BCUT2D eigenvalue weighted by molar-refractivity contribution is 0.219. The van der Waals surface area contributed by atoms with Gasteiger partial charge in [0, 0.05) is 12.1 Å². The van der Waals surface area contributed by atoms with Crippen LogP contribution in [0.15, 0.2) is 29.2 Å². The molecule has 0 bridgehead atoms. The largest absolute Gasteiger partial charge is 0.381 e. The van der Waals surface area contributed by atoms with Gasteiger partial charge in [0.05, 0.1) is 16.3 Å². The monoisotopic (exact) mass is 310 g/mol. The molecule has 0 spiro atoms. The number of hydrogen-bond acceptors (Lipinski definition) is 4. The maximum Gasteiger partial charge on any atom is 0.180 e. The number of nitrogens with one attached hydrogen (secondary N) is 1. The van der Waals surface area contributed by atoms with E-state index in [0.717, 1.165) is 18.5 Å². The summed E-state index contributed by atoms with van der Waals surface area (Å²) in [6.45, 7) is 1.69. The van der Waals surface area contributed by atoms with Crippen molar-refractivity contribution in [3.8, 4) is 0 Å². The zero-order chi connectivity index (χ0) is 15.5. The molecule has 0 radical (unpaired) electrons. The van der Waals surface area contributed by atoms with Crippen molar-refractivity contribution in [2.45, 2.75) is 49.6 Å². The summed E-state index contributed by atoms with van der Waals surface area (Å²) < 4.78 is 24.4. The maximum atomic E-state index is 12.2. The molecule has 2 rings (SSSR count). The second-order valence-electron chi connectivity index (χ2n) is 6.02. The van der Waals surface area contributed by atoms with Gasteiger partial charge in [0.15, 0.2) is 9.84 Å². The fourth-order valence-electron chi connectivity index (χ4n) is 3.00. The molecule has 1 aromatic carbocycles. The molecule has 1 aliphatic carbocycles. The van der Waals surface area contributed by atoms with Gasteiger partial charge < -0.3 is 10.2 Å². The highest BCUT2D eigenvalue weighted by molar-refractivity contribution is 7.91. The topological polar surface area (TPSA) is 49.4 Å². The van der Waals surface area contributed by atoms with Gasteiger partial charge in [-0.15, -0.1) is 0 Å². The Kier molecular flexibility index (Phi) is 5.27. The van der Waals surface area contributed by atoms with Crippen molar-refractivity contribution >= 4 is 15.5 Å². The highest BCUT2D eigenvalue weighted by Crippen LogP contribution is 2.28. The average Bonchev–Trinajstić information content (AvgIpc) is 2.48. The van der Waals surface area contributed by atoms with Gasteiger partial charge in [-0.25, -0.2) is 8.42 Å². The molecule has 0 saturated heterocycles. The Bertz CT molecular complexity index is 569. The van der Waals surface area contributed by atoms with Crippen molar-refractivity contribution in [2.75, 3.05) is 25.2 Å². The molecule has 21 heavy (non-hydrogen) atoms. The lowest BCUT2D eigenvalue weighted by atomic mass is 9.90. The minimum absolute atomic E-state index is 0.136. The molecule has 0 aromatic heterocycles. The first kappa shape index (κ1) is 16.3. The predicted molar refractivity (Wildman–Crippen MR) is 87.5 cm³/mol. The molecule has 0 unspecified atom stereocenters. The third kappa shape index (κ3) is 3.98. The van der Waals surface area contributed by atoms with Crippen molar-refractivity contribution in [3.05, 3.63) is 24.3 Å². The number of rotatable bonds is 5. The molecule has 1 fully saturated rings. The smallest absolute Gasteiger partial charge is 0.180 e. The van der Waals surface area contributed by atoms with Crippen LogP contribution in [-0.2, 0) is 9.84 Å². The van der Waals surface area contributed by atoms with Crippen LogP contribution in [-0.4, -0.2) is 45.2 Å². The fourth-order valence-corrected chi connectivity index (χ4v) is 4.06. The highest BCUT2D eigenvalue weighted by atomic mass is 32.2. The van der Waals surface area contributed by atoms with E-state index in [0.29, 0.717) is 17.0 Å². The Balaban J connectivity index is 2.17. The molecule has 1 saturated carbocycles. The summed E-state index contributed by atoms with van der Waals surface area (Å²) in [5.74, 6) is 0.136. The van der Waals surface area contributed by atoms with E-state index in [4.69, 9.17) is 0 Å². The Morgan fingerprint density at radius 2 is 1.95 bits per heavy atom. The van der Waals surface area contributed by atoms with E-state index >= 15 is 0 Å². The number of benzene rings is 1. The number of anilines is 1. The van der Waals surface area contributed by atoms with Crippen LogP contribution in [0.4, 0.5) is 5.69 Å².